The molecule has 0 fully saturated rings. The molecule has 3 heteroatoms. The Hall–Kier alpha value is -0.410. The van der Waals surface area contributed by atoms with Crippen molar-refractivity contribution < 1.29 is 5.11 Å². The van der Waals surface area contributed by atoms with Crippen molar-refractivity contribution >= 4 is 11.3 Å². The molecular formula is C11H19NOS. The van der Waals surface area contributed by atoms with Gasteiger partial charge < -0.3 is 5.11 Å². The fourth-order valence-corrected chi connectivity index (χ4v) is 2.26. The topological polar surface area (TPSA) is 33.1 Å². The molecule has 0 aliphatic heterocycles. The van der Waals surface area contributed by atoms with E-state index in [1.165, 1.54) is 4.88 Å². The largest absolute Gasteiger partial charge is 0.392 e. The molecule has 1 aromatic rings. The molecule has 2 unspecified atom stereocenters. The maximum Gasteiger partial charge on any atom is 0.0956 e. The van der Waals surface area contributed by atoms with Gasteiger partial charge in [-0.15, -0.1) is 11.3 Å². The van der Waals surface area contributed by atoms with Crippen molar-refractivity contribution in [2.24, 2.45) is 5.92 Å². The van der Waals surface area contributed by atoms with Gasteiger partial charge in [0.1, 0.15) is 0 Å². The fourth-order valence-electron chi connectivity index (χ4n) is 1.28. The van der Waals surface area contributed by atoms with Crippen LogP contribution in [0.1, 0.15) is 35.8 Å². The van der Waals surface area contributed by atoms with Gasteiger partial charge in [0.2, 0.25) is 0 Å². The molecule has 2 nitrogen and oxygen atoms in total. The van der Waals surface area contributed by atoms with Gasteiger partial charge in [0.25, 0.3) is 0 Å². The Morgan fingerprint density at radius 1 is 1.43 bits per heavy atom. The van der Waals surface area contributed by atoms with E-state index in [4.69, 9.17) is 0 Å². The molecule has 0 amide bonds. The summed E-state index contributed by atoms with van der Waals surface area (Å²) in [7, 11) is 0. The Balaban J connectivity index is 2.60. The summed E-state index contributed by atoms with van der Waals surface area (Å²) >= 11 is 1.70. The number of nitrogens with zero attached hydrogens (tertiary/aromatic N) is 1. The van der Waals surface area contributed by atoms with Crippen LogP contribution in [0.15, 0.2) is 0 Å². The summed E-state index contributed by atoms with van der Waals surface area (Å²) in [5.41, 5.74) is 1.10. The summed E-state index contributed by atoms with van der Waals surface area (Å²) in [5, 5.41) is 10.9. The third-order valence-corrected chi connectivity index (χ3v) is 3.85. The number of hydrogen-bond acceptors (Lipinski definition) is 3. The minimum Gasteiger partial charge on any atom is -0.392 e. The molecule has 0 saturated heterocycles. The smallest absolute Gasteiger partial charge is 0.0956 e. The lowest BCUT2D eigenvalue weighted by Gasteiger charge is -2.15. The van der Waals surface area contributed by atoms with Gasteiger partial charge in [-0.25, -0.2) is 4.98 Å². The highest BCUT2D eigenvalue weighted by atomic mass is 32.1. The number of aryl methyl sites for hydroxylation is 2. The van der Waals surface area contributed by atoms with Gasteiger partial charge in [0.05, 0.1) is 16.8 Å². The zero-order chi connectivity index (χ0) is 10.7. The standard InChI is InChI=1S/C11H19NOS/c1-5-7(2)10(13)6-11-12-8(3)9(4)14-11/h7,10,13H,5-6H2,1-4H3. The summed E-state index contributed by atoms with van der Waals surface area (Å²) in [6, 6.07) is 0. The number of thiazole rings is 1. The molecule has 0 bridgehead atoms. The highest BCUT2D eigenvalue weighted by molar-refractivity contribution is 7.11. The van der Waals surface area contributed by atoms with Crippen molar-refractivity contribution in [2.45, 2.75) is 46.6 Å². The van der Waals surface area contributed by atoms with Gasteiger partial charge in [0, 0.05) is 11.3 Å². The van der Waals surface area contributed by atoms with E-state index >= 15 is 0 Å². The zero-order valence-corrected chi connectivity index (χ0v) is 10.2. The Morgan fingerprint density at radius 3 is 2.50 bits per heavy atom. The second kappa shape index (κ2) is 4.89. The van der Waals surface area contributed by atoms with Crippen LogP contribution in [-0.2, 0) is 6.42 Å². The SMILES string of the molecule is CCC(C)C(O)Cc1nc(C)c(C)s1. The Morgan fingerprint density at radius 2 is 2.07 bits per heavy atom. The normalized spacial score (nSPS) is 15.5. The number of rotatable bonds is 4. The molecule has 80 valence electrons. The van der Waals surface area contributed by atoms with Gasteiger partial charge in [-0.05, 0) is 19.8 Å². The molecular weight excluding hydrogens is 194 g/mol. The van der Waals surface area contributed by atoms with E-state index in [-0.39, 0.29) is 6.10 Å². The maximum atomic E-state index is 9.84. The lowest BCUT2D eigenvalue weighted by Crippen LogP contribution is -2.19. The van der Waals surface area contributed by atoms with Crippen molar-refractivity contribution in [3.05, 3.63) is 15.6 Å². The highest BCUT2D eigenvalue weighted by Gasteiger charge is 2.15. The van der Waals surface area contributed by atoms with Gasteiger partial charge in [-0.3, -0.25) is 0 Å². The average Bonchev–Trinajstić information content (AvgIpc) is 2.44. The van der Waals surface area contributed by atoms with Crippen molar-refractivity contribution in [3.8, 4) is 0 Å². The first-order valence-electron chi connectivity index (χ1n) is 5.15. The average molecular weight is 213 g/mol. The second-order valence-electron chi connectivity index (χ2n) is 3.91. The number of aliphatic hydroxyl groups is 1. The van der Waals surface area contributed by atoms with E-state index in [2.05, 4.69) is 25.8 Å². The van der Waals surface area contributed by atoms with Crippen molar-refractivity contribution in [1.29, 1.82) is 0 Å². The zero-order valence-electron chi connectivity index (χ0n) is 9.37. The molecule has 0 aromatic carbocycles. The van der Waals surface area contributed by atoms with Crippen molar-refractivity contribution in [1.82, 2.24) is 4.98 Å². The van der Waals surface area contributed by atoms with E-state index in [1.54, 1.807) is 11.3 Å². The lowest BCUT2D eigenvalue weighted by atomic mass is 10.00. The van der Waals surface area contributed by atoms with Crippen LogP contribution >= 0.6 is 11.3 Å². The predicted molar refractivity (Wildman–Crippen MR) is 60.8 cm³/mol. The molecule has 14 heavy (non-hydrogen) atoms. The summed E-state index contributed by atoms with van der Waals surface area (Å²) in [6.07, 6.45) is 1.48. The van der Waals surface area contributed by atoms with Gasteiger partial charge >= 0.3 is 0 Å². The molecule has 1 N–H and O–H groups in total. The molecule has 1 heterocycles. The molecule has 0 radical (unpaired) electrons. The van der Waals surface area contributed by atoms with E-state index in [0.29, 0.717) is 12.3 Å². The third-order valence-electron chi connectivity index (χ3n) is 2.76. The monoisotopic (exact) mass is 213 g/mol. The quantitative estimate of drug-likeness (QED) is 0.834. The summed E-state index contributed by atoms with van der Waals surface area (Å²) in [4.78, 5) is 5.69. The number of aliphatic hydroxyl groups excluding tert-OH is 1. The van der Waals surface area contributed by atoms with Crippen molar-refractivity contribution in [2.75, 3.05) is 0 Å². The number of hydrogen-bond donors (Lipinski definition) is 1. The van der Waals surface area contributed by atoms with E-state index < -0.39 is 0 Å². The Kier molecular flexibility index (Phi) is 4.08. The molecule has 1 aromatic heterocycles. The van der Waals surface area contributed by atoms with Crippen LogP contribution in [0.25, 0.3) is 0 Å². The Labute approximate surface area is 90.0 Å². The van der Waals surface area contributed by atoms with Crippen LogP contribution in [0.4, 0.5) is 0 Å². The van der Waals surface area contributed by atoms with E-state index in [1.807, 2.05) is 6.92 Å². The first kappa shape index (κ1) is 11.7. The second-order valence-corrected chi connectivity index (χ2v) is 5.19. The maximum absolute atomic E-state index is 9.84. The first-order valence-corrected chi connectivity index (χ1v) is 5.97. The summed E-state index contributed by atoms with van der Waals surface area (Å²) in [6.45, 7) is 8.28. The fraction of sp³-hybridized carbons (Fsp3) is 0.727. The molecule has 0 aliphatic carbocycles. The van der Waals surface area contributed by atoms with E-state index in [9.17, 15) is 5.11 Å². The van der Waals surface area contributed by atoms with Crippen LogP contribution < -0.4 is 0 Å². The first-order chi connectivity index (χ1) is 6.54. The van der Waals surface area contributed by atoms with Crippen LogP contribution in [0.3, 0.4) is 0 Å². The van der Waals surface area contributed by atoms with Gasteiger partial charge in [0.15, 0.2) is 0 Å². The lowest BCUT2D eigenvalue weighted by molar-refractivity contribution is 0.114. The number of aromatic nitrogens is 1. The third kappa shape index (κ3) is 2.79. The van der Waals surface area contributed by atoms with Gasteiger partial charge in [-0.2, -0.15) is 0 Å². The predicted octanol–water partition coefficient (Wildman–Crippen LogP) is 2.71. The molecule has 0 saturated carbocycles. The molecule has 0 spiro atoms. The van der Waals surface area contributed by atoms with Crippen LogP contribution in [0, 0.1) is 19.8 Å². The van der Waals surface area contributed by atoms with Crippen molar-refractivity contribution in [3.63, 3.8) is 0 Å². The summed E-state index contributed by atoms with van der Waals surface area (Å²) in [5.74, 6) is 0.361. The minimum atomic E-state index is -0.245. The van der Waals surface area contributed by atoms with Crippen LogP contribution in [0.2, 0.25) is 0 Å². The Bertz CT molecular complexity index is 276. The minimum absolute atomic E-state index is 0.245. The molecule has 2 atom stereocenters. The van der Waals surface area contributed by atoms with Crippen LogP contribution in [0.5, 0.6) is 0 Å². The van der Waals surface area contributed by atoms with Crippen LogP contribution in [-0.4, -0.2) is 16.2 Å². The molecule has 0 aliphatic rings. The summed E-state index contributed by atoms with van der Waals surface area (Å²) < 4.78 is 0. The highest BCUT2D eigenvalue weighted by Crippen LogP contribution is 2.20. The van der Waals surface area contributed by atoms with Gasteiger partial charge in [-0.1, -0.05) is 20.3 Å². The molecule has 1 rings (SSSR count). The van der Waals surface area contributed by atoms with E-state index in [0.717, 1.165) is 17.1 Å².